The van der Waals surface area contributed by atoms with Crippen molar-refractivity contribution in [2.75, 3.05) is 11.5 Å². The van der Waals surface area contributed by atoms with E-state index in [2.05, 4.69) is 9.88 Å². The number of hydrogen-bond acceptors (Lipinski definition) is 10. The van der Waals surface area contributed by atoms with Gasteiger partial charge in [0, 0.05) is 24.3 Å². The Morgan fingerprint density at radius 3 is 2.32 bits per heavy atom. The van der Waals surface area contributed by atoms with Gasteiger partial charge in [0.1, 0.15) is 0 Å². The number of carbonyl (C=O) groups excluding carboxylic acids is 4. The standard InChI is InChI=1S/C8H14N6O6S2/c9-10-7(17)8(18)14-13-19-11-5(15)1-3-21-22-4-2-6(16)12-20-14/h13H,1-4,9H2,(H,10,17)(H,11,15)(H,12,16). The Morgan fingerprint density at radius 2 is 1.73 bits per heavy atom. The molecule has 0 aromatic carbocycles. The molecule has 124 valence electrons. The van der Waals surface area contributed by atoms with Crippen LogP contribution in [0.15, 0.2) is 0 Å². The second-order valence-electron chi connectivity index (χ2n) is 3.55. The van der Waals surface area contributed by atoms with Crippen molar-refractivity contribution in [2.45, 2.75) is 12.8 Å². The van der Waals surface area contributed by atoms with Gasteiger partial charge in [0.15, 0.2) is 0 Å². The zero-order valence-electron chi connectivity index (χ0n) is 11.1. The van der Waals surface area contributed by atoms with Crippen LogP contribution < -0.4 is 27.8 Å². The van der Waals surface area contributed by atoms with Crippen LogP contribution >= 0.6 is 21.6 Å². The molecule has 1 heterocycles. The predicted molar refractivity (Wildman–Crippen MR) is 74.9 cm³/mol. The average Bonchev–Trinajstić information content (AvgIpc) is 2.51. The summed E-state index contributed by atoms with van der Waals surface area (Å²) < 4.78 is 0. The molecule has 0 radical (unpaired) electrons. The Kier molecular flexibility index (Phi) is 8.56. The van der Waals surface area contributed by atoms with E-state index < -0.39 is 23.6 Å². The topological polar surface area (TPSA) is 164 Å². The van der Waals surface area contributed by atoms with Gasteiger partial charge in [0.25, 0.3) is 0 Å². The van der Waals surface area contributed by atoms with Crippen LogP contribution in [-0.4, -0.2) is 40.3 Å². The number of rotatable bonds is 0. The molecular weight excluding hydrogens is 340 g/mol. The number of nitrogens with one attached hydrogen (secondary N) is 4. The first-order valence-electron chi connectivity index (χ1n) is 5.80. The normalized spacial score (nSPS) is 18.7. The van der Waals surface area contributed by atoms with Crippen molar-refractivity contribution in [1.29, 1.82) is 0 Å². The highest BCUT2D eigenvalue weighted by molar-refractivity contribution is 8.76. The Bertz CT molecular complexity index is 437. The van der Waals surface area contributed by atoms with Crippen molar-refractivity contribution in [3.8, 4) is 0 Å². The summed E-state index contributed by atoms with van der Waals surface area (Å²) in [6.07, 6.45) is 0.263. The summed E-state index contributed by atoms with van der Waals surface area (Å²) in [5, 5.41) is 0.147. The number of carbonyl (C=O) groups is 4. The molecule has 0 atom stereocenters. The third kappa shape index (κ3) is 6.92. The largest absolute Gasteiger partial charge is 0.355 e. The first-order valence-corrected chi connectivity index (χ1v) is 8.29. The maximum Gasteiger partial charge on any atom is 0.355 e. The van der Waals surface area contributed by atoms with Crippen LogP contribution in [0.1, 0.15) is 12.8 Å². The van der Waals surface area contributed by atoms with Crippen molar-refractivity contribution < 1.29 is 29.1 Å². The minimum absolute atomic E-state index is 0.107. The molecule has 0 unspecified atom stereocenters. The second kappa shape index (κ2) is 10.2. The quantitative estimate of drug-likeness (QED) is 0.102. The summed E-state index contributed by atoms with van der Waals surface area (Å²) in [6, 6.07) is 0. The summed E-state index contributed by atoms with van der Waals surface area (Å²) in [5.41, 5.74) is 7.29. The second-order valence-corrected chi connectivity index (χ2v) is 6.25. The fourth-order valence-corrected chi connectivity index (χ4v) is 2.94. The van der Waals surface area contributed by atoms with E-state index in [-0.39, 0.29) is 18.0 Å². The maximum atomic E-state index is 11.6. The zero-order chi connectivity index (χ0) is 16.4. The minimum atomic E-state index is -1.32. The number of amides is 4. The van der Waals surface area contributed by atoms with Gasteiger partial charge in [-0.05, 0) is 0 Å². The zero-order valence-corrected chi connectivity index (χ0v) is 12.8. The van der Waals surface area contributed by atoms with Gasteiger partial charge in [-0.1, -0.05) is 32.3 Å². The first-order chi connectivity index (χ1) is 10.5. The molecule has 1 fully saturated rings. The maximum absolute atomic E-state index is 11.6. The number of nitrogens with two attached hydrogens (primary N) is 1. The summed E-state index contributed by atoms with van der Waals surface area (Å²) >= 11 is 0. The molecule has 6 N–H and O–H groups in total. The van der Waals surface area contributed by atoms with Crippen LogP contribution in [0.25, 0.3) is 0 Å². The van der Waals surface area contributed by atoms with E-state index in [1.54, 1.807) is 5.43 Å². The molecule has 12 nitrogen and oxygen atoms in total. The molecule has 0 aromatic heterocycles. The van der Waals surface area contributed by atoms with Gasteiger partial charge >= 0.3 is 11.8 Å². The minimum Gasteiger partial charge on any atom is -0.286 e. The molecule has 0 bridgehead atoms. The van der Waals surface area contributed by atoms with Gasteiger partial charge in [-0.15, -0.1) is 4.94 Å². The highest BCUT2D eigenvalue weighted by Gasteiger charge is 2.24. The Labute approximate surface area is 132 Å². The first kappa shape index (κ1) is 18.5. The highest BCUT2D eigenvalue weighted by atomic mass is 33.1. The summed E-state index contributed by atoms with van der Waals surface area (Å²) in [5.74, 6) is 2.23. The molecule has 4 amide bonds. The van der Waals surface area contributed by atoms with Gasteiger partial charge < -0.3 is 0 Å². The fraction of sp³-hybridized carbons (Fsp3) is 0.500. The molecule has 22 heavy (non-hydrogen) atoms. The average molecular weight is 354 g/mol. The van der Waals surface area contributed by atoms with Crippen molar-refractivity contribution in [2.24, 2.45) is 5.84 Å². The van der Waals surface area contributed by atoms with Crippen molar-refractivity contribution in [3.05, 3.63) is 0 Å². The van der Waals surface area contributed by atoms with Crippen LogP contribution in [0.2, 0.25) is 0 Å². The predicted octanol–water partition coefficient (Wildman–Crippen LogP) is -2.59. The molecule has 1 aliphatic rings. The molecule has 1 aliphatic heterocycles. The molecule has 14 heteroatoms. The third-order valence-corrected chi connectivity index (χ3v) is 4.37. The molecule has 1 rings (SSSR count). The van der Waals surface area contributed by atoms with Crippen LogP contribution in [0.5, 0.6) is 0 Å². The molecule has 0 spiro atoms. The molecule has 0 saturated carbocycles. The van der Waals surface area contributed by atoms with Crippen molar-refractivity contribution >= 4 is 45.2 Å². The Hall–Kier alpha value is -1.58. The Morgan fingerprint density at radius 1 is 1.14 bits per heavy atom. The van der Waals surface area contributed by atoms with E-state index >= 15 is 0 Å². The monoisotopic (exact) mass is 354 g/mol. The third-order valence-electron chi connectivity index (χ3n) is 1.96. The van der Waals surface area contributed by atoms with E-state index in [4.69, 9.17) is 5.84 Å². The number of hydrazine groups is 2. The highest BCUT2D eigenvalue weighted by Crippen LogP contribution is 2.22. The van der Waals surface area contributed by atoms with Gasteiger partial charge in [0.2, 0.25) is 11.8 Å². The molecular formula is C8H14N6O6S2. The summed E-state index contributed by atoms with van der Waals surface area (Å²) in [4.78, 5) is 54.6. The van der Waals surface area contributed by atoms with E-state index in [0.717, 1.165) is 0 Å². The molecule has 0 aliphatic carbocycles. The lowest BCUT2D eigenvalue weighted by atomic mass is 10.5. The fourth-order valence-electron chi connectivity index (χ4n) is 0.962. The van der Waals surface area contributed by atoms with Crippen LogP contribution in [0.3, 0.4) is 0 Å². The lowest BCUT2D eigenvalue weighted by Gasteiger charge is -2.19. The number of hydrogen-bond donors (Lipinski definition) is 5. The van der Waals surface area contributed by atoms with Gasteiger partial charge in [-0.25, -0.2) is 16.8 Å². The lowest BCUT2D eigenvalue weighted by Crippen LogP contribution is -2.55. The van der Waals surface area contributed by atoms with Gasteiger partial charge in [0.05, 0.1) is 0 Å². The van der Waals surface area contributed by atoms with Crippen LogP contribution in [0, 0.1) is 0 Å². The van der Waals surface area contributed by atoms with E-state index in [1.165, 1.54) is 21.6 Å². The van der Waals surface area contributed by atoms with Gasteiger partial charge in [-0.2, -0.15) is 4.94 Å². The van der Waals surface area contributed by atoms with E-state index in [9.17, 15) is 19.2 Å². The summed E-state index contributed by atoms with van der Waals surface area (Å²) in [7, 11) is 2.83. The van der Waals surface area contributed by atoms with E-state index in [1.807, 2.05) is 16.5 Å². The smallest absolute Gasteiger partial charge is 0.286 e. The van der Waals surface area contributed by atoms with Gasteiger partial charge in [-0.3, -0.25) is 24.6 Å². The summed E-state index contributed by atoms with van der Waals surface area (Å²) in [6.45, 7) is 0. The SMILES string of the molecule is NNC(=O)C(=O)N1NONC(=O)CCSSCCC(=O)NO1. The Balaban J connectivity index is 2.64. The number of nitrogens with zero attached hydrogens (tertiary/aromatic N) is 1. The van der Waals surface area contributed by atoms with Crippen LogP contribution in [-0.2, 0) is 29.1 Å². The molecule has 1 saturated heterocycles. The number of hydroxylamine groups is 3. The van der Waals surface area contributed by atoms with Crippen molar-refractivity contribution in [1.82, 2.24) is 27.1 Å². The molecule has 0 aromatic rings. The van der Waals surface area contributed by atoms with E-state index in [0.29, 0.717) is 11.5 Å². The van der Waals surface area contributed by atoms with Crippen molar-refractivity contribution in [3.63, 3.8) is 0 Å². The van der Waals surface area contributed by atoms with Crippen LogP contribution in [0.4, 0.5) is 0 Å². The lowest BCUT2D eigenvalue weighted by molar-refractivity contribution is -0.292.